The van der Waals surface area contributed by atoms with Crippen LogP contribution in [0.25, 0.3) is 17.0 Å². The minimum atomic E-state index is -0.428. The molecule has 0 radical (unpaired) electrons. The second-order valence-corrected chi connectivity index (χ2v) is 11.1. The molecule has 8 heteroatoms. The van der Waals surface area contributed by atoms with E-state index in [4.69, 9.17) is 23.7 Å². The Hall–Kier alpha value is -5.50. The van der Waals surface area contributed by atoms with Crippen molar-refractivity contribution in [3.05, 3.63) is 119 Å². The average Bonchev–Trinajstić information content (AvgIpc) is 3.55. The number of methoxy groups -OCH3 is 2. The molecule has 3 heterocycles. The van der Waals surface area contributed by atoms with E-state index < -0.39 is 5.92 Å². The van der Waals surface area contributed by atoms with Crippen molar-refractivity contribution in [2.75, 3.05) is 20.8 Å². The Morgan fingerprint density at radius 1 is 0.911 bits per heavy atom. The summed E-state index contributed by atoms with van der Waals surface area (Å²) in [7, 11) is 5.22. The van der Waals surface area contributed by atoms with Gasteiger partial charge in [0.15, 0.2) is 5.76 Å². The lowest BCUT2D eigenvalue weighted by atomic mass is 9.84. The number of rotatable bonds is 8. The van der Waals surface area contributed by atoms with Gasteiger partial charge in [0.1, 0.15) is 28.7 Å². The second kappa shape index (κ2) is 11.5. The quantitative estimate of drug-likeness (QED) is 0.109. The molecule has 0 spiro atoms. The van der Waals surface area contributed by atoms with Crippen molar-refractivity contribution < 1.29 is 33.3 Å². The third-order valence-electron chi connectivity index (χ3n) is 8.40. The maximum Gasteiger partial charge on any atom is 0.312 e. The van der Waals surface area contributed by atoms with Gasteiger partial charge in [0, 0.05) is 53.2 Å². The lowest BCUT2D eigenvalue weighted by Gasteiger charge is -2.27. The molecule has 5 aromatic rings. The Balaban J connectivity index is 1.22. The molecule has 226 valence electrons. The molecule has 0 amide bonds. The van der Waals surface area contributed by atoms with Crippen LogP contribution in [0.4, 0.5) is 0 Å². The molecule has 0 saturated heterocycles. The van der Waals surface area contributed by atoms with Gasteiger partial charge in [-0.1, -0.05) is 30.3 Å². The Kier molecular flexibility index (Phi) is 7.25. The molecule has 8 nitrogen and oxygen atoms in total. The van der Waals surface area contributed by atoms with Crippen LogP contribution in [-0.4, -0.2) is 37.1 Å². The number of aryl methyl sites for hydroxylation is 1. The maximum atomic E-state index is 13.7. The zero-order valence-corrected chi connectivity index (χ0v) is 25.2. The van der Waals surface area contributed by atoms with E-state index in [9.17, 15) is 9.59 Å². The molecule has 1 atom stereocenters. The van der Waals surface area contributed by atoms with Crippen molar-refractivity contribution in [1.82, 2.24) is 4.57 Å². The number of hydrogen-bond donors (Lipinski definition) is 0. The van der Waals surface area contributed by atoms with Gasteiger partial charge in [-0.05, 0) is 60.2 Å². The first-order chi connectivity index (χ1) is 21.9. The summed E-state index contributed by atoms with van der Waals surface area (Å²) in [6, 6.07) is 24.7. The lowest BCUT2D eigenvalue weighted by molar-refractivity contribution is -0.135. The highest BCUT2D eigenvalue weighted by molar-refractivity contribution is 6.15. The van der Waals surface area contributed by atoms with Gasteiger partial charge >= 0.3 is 5.97 Å². The normalized spacial score (nSPS) is 16.2. The average molecular weight is 602 g/mol. The predicted molar refractivity (Wildman–Crippen MR) is 170 cm³/mol. The molecular weight excluding hydrogens is 570 g/mol. The van der Waals surface area contributed by atoms with E-state index in [2.05, 4.69) is 0 Å². The van der Waals surface area contributed by atoms with E-state index in [0.717, 1.165) is 39.1 Å². The third-order valence-corrected chi connectivity index (χ3v) is 8.40. The van der Waals surface area contributed by atoms with Gasteiger partial charge in [-0.3, -0.25) is 9.59 Å². The standard InChI is InChI=1S/C37H31NO7/c1-38-21-23(28-19-25(42-3)12-14-30(28)38)18-33-36(40)27-13-15-32-35(37(27)45-33)29(20-34(39)44-32)26-6-4-5-7-31(26)43-17-16-22-8-10-24(41-2)11-9-22/h4-15,18-19,21,29H,16-17,20H2,1-3H3/b33-18-/t29-/m1/s1. The number of ether oxygens (including phenoxy) is 5. The van der Waals surface area contributed by atoms with Crippen LogP contribution < -0.4 is 23.7 Å². The summed E-state index contributed by atoms with van der Waals surface area (Å²) in [5.41, 5.74) is 4.86. The summed E-state index contributed by atoms with van der Waals surface area (Å²) in [6.07, 6.45) is 4.50. The predicted octanol–water partition coefficient (Wildman–Crippen LogP) is 6.87. The van der Waals surface area contributed by atoms with Crippen LogP contribution in [0.5, 0.6) is 28.7 Å². The van der Waals surface area contributed by atoms with E-state index in [1.54, 1.807) is 32.4 Å². The van der Waals surface area contributed by atoms with Crippen molar-refractivity contribution in [2.24, 2.45) is 7.05 Å². The molecule has 0 N–H and O–H groups in total. The Morgan fingerprint density at radius 2 is 1.69 bits per heavy atom. The number of carbonyl (C=O) groups excluding carboxylic acids is 2. The molecule has 0 fully saturated rings. The van der Waals surface area contributed by atoms with Crippen LogP contribution in [0, 0.1) is 0 Å². The van der Waals surface area contributed by atoms with Crippen molar-refractivity contribution in [3.8, 4) is 28.7 Å². The van der Waals surface area contributed by atoms with Gasteiger partial charge < -0.3 is 28.3 Å². The van der Waals surface area contributed by atoms with E-state index in [1.807, 2.05) is 84.5 Å². The molecule has 0 saturated carbocycles. The third kappa shape index (κ3) is 5.18. The topological polar surface area (TPSA) is 85.2 Å². The van der Waals surface area contributed by atoms with Gasteiger partial charge in [0.25, 0.3) is 0 Å². The number of Topliss-reactive ketones (excluding diaryl/α,β-unsaturated/α-hetero) is 1. The number of hydrogen-bond acceptors (Lipinski definition) is 7. The number of benzene rings is 4. The first kappa shape index (κ1) is 28.3. The second-order valence-electron chi connectivity index (χ2n) is 11.1. The SMILES string of the molecule is COc1ccc(CCOc2ccccc2[C@H]2CC(=O)Oc3ccc4c(c32)O/C(=C\c2cn(C)c3ccc(OC)cc23)C4=O)cc1. The number of esters is 1. The van der Waals surface area contributed by atoms with Crippen LogP contribution in [-0.2, 0) is 18.3 Å². The van der Waals surface area contributed by atoms with Crippen molar-refractivity contribution >= 4 is 28.7 Å². The van der Waals surface area contributed by atoms with Crippen molar-refractivity contribution in [1.29, 1.82) is 0 Å². The highest BCUT2D eigenvalue weighted by Crippen LogP contribution is 2.50. The fourth-order valence-electron chi connectivity index (χ4n) is 6.13. The summed E-state index contributed by atoms with van der Waals surface area (Å²) in [4.78, 5) is 26.5. The van der Waals surface area contributed by atoms with Crippen LogP contribution >= 0.6 is 0 Å². The fourth-order valence-corrected chi connectivity index (χ4v) is 6.13. The first-order valence-corrected chi connectivity index (χ1v) is 14.7. The summed E-state index contributed by atoms with van der Waals surface area (Å²) in [5, 5.41) is 0.936. The molecule has 0 aliphatic carbocycles. The van der Waals surface area contributed by atoms with Gasteiger partial charge in [-0.25, -0.2) is 0 Å². The molecule has 0 bridgehead atoms. The number of fused-ring (bicyclic) bond motifs is 4. The van der Waals surface area contributed by atoms with Gasteiger partial charge in [0.2, 0.25) is 5.78 Å². The van der Waals surface area contributed by atoms with E-state index in [0.29, 0.717) is 41.4 Å². The van der Waals surface area contributed by atoms with Gasteiger partial charge in [-0.2, -0.15) is 0 Å². The summed E-state index contributed by atoms with van der Waals surface area (Å²) in [5.74, 6) is 2.17. The van der Waals surface area contributed by atoms with E-state index in [-0.39, 0.29) is 23.9 Å². The molecular formula is C37H31NO7. The summed E-state index contributed by atoms with van der Waals surface area (Å²) >= 11 is 0. The number of ketones is 1. The van der Waals surface area contributed by atoms with Crippen molar-refractivity contribution in [3.63, 3.8) is 0 Å². The lowest BCUT2D eigenvalue weighted by Crippen LogP contribution is -2.22. The minimum Gasteiger partial charge on any atom is -0.497 e. The molecule has 7 rings (SSSR count). The number of nitrogens with zero attached hydrogens (tertiary/aromatic N) is 1. The summed E-state index contributed by atoms with van der Waals surface area (Å²) in [6.45, 7) is 0.442. The van der Waals surface area contributed by atoms with Crippen LogP contribution in [0.15, 0.2) is 90.8 Å². The molecule has 2 aliphatic rings. The van der Waals surface area contributed by atoms with Crippen LogP contribution in [0.3, 0.4) is 0 Å². The number of carbonyl (C=O) groups is 2. The molecule has 45 heavy (non-hydrogen) atoms. The molecule has 1 aromatic heterocycles. The highest BCUT2D eigenvalue weighted by atomic mass is 16.5. The highest BCUT2D eigenvalue weighted by Gasteiger charge is 2.39. The van der Waals surface area contributed by atoms with Crippen LogP contribution in [0.1, 0.15) is 45.0 Å². The fraction of sp³-hybridized carbons (Fsp3) is 0.189. The number of allylic oxidation sites excluding steroid dienone is 1. The van der Waals surface area contributed by atoms with E-state index >= 15 is 0 Å². The zero-order chi connectivity index (χ0) is 31.1. The van der Waals surface area contributed by atoms with Crippen LogP contribution in [0.2, 0.25) is 0 Å². The molecule has 0 unspecified atom stereocenters. The number of para-hydroxylation sites is 1. The number of aromatic nitrogens is 1. The smallest absolute Gasteiger partial charge is 0.312 e. The van der Waals surface area contributed by atoms with Gasteiger partial charge in [-0.15, -0.1) is 0 Å². The molecule has 4 aromatic carbocycles. The Morgan fingerprint density at radius 3 is 2.49 bits per heavy atom. The Labute approximate surface area is 260 Å². The Bertz CT molecular complexity index is 1990. The van der Waals surface area contributed by atoms with Crippen molar-refractivity contribution in [2.45, 2.75) is 18.8 Å². The maximum absolute atomic E-state index is 13.7. The first-order valence-electron chi connectivity index (χ1n) is 14.7. The summed E-state index contributed by atoms with van der Waals surface area (Å²) < 4.78 is 31.0. The molecule has 2 aliphatic heterocycles. The van der Waals surface area contributed by atoms with E-state index in [1.165, 1.54) is 0 Å². The van der Waals surface area contributed by atoms with Gasteiger partial charge in [0.05, 0.1) is 32.8 Å². The largest absolute Gasteiger partial charge is 0.497 e. The minimum absolute atomic E-state index is 0.0853. The monoisotopic (exact) mass is 601 g/mol. The zero-order valence-electron chi connectivity index (χ0n) is 25.2.